The van der Waals surface area contributed by atoms with Gasteiger partial charge in [0.05, 0.1) is 24.3 Å². The highest BCUT2D eigenvalue weighted by Crippen LogP contribution is 2.19. The van der Waals surface area contributed by atoms with Gasteiger partial charge in [-0.25, -0.2) is 0 Å². The molecule has 2 rings (SSSR count). The Balaban J connectivity index is 2.16. The summed E-state index contributed by atoms with van der Waals surface area (Å²) in [5.74, 6) is -0.341. The van der Waals surface area contributed by atoms with Gasteiger partial charge in [-0.05, 0) is 35.9 Å². The second-order valence-electron chi connectivity index (χ2n) is 4.45. The van der Waals surface area contributed by atoms with Gasteiger partial charge in [-0.15, -0.1) is 0 Å². The molecule has 0 bridgehead atoms. The Hall–Kier alpha value is -3.13. The minimum atomic E-state index is -0.905. The van der Waals surface area contributed by atoms with Crippen molar-refractivity contribution in [1.82, 2.24) is 4.98 Å². The Kier molecular flexibility index (Phi) is 5.27. The monoisotopic (exact) mass is 294 g/mol. The molecule has 0 aliphatic rings. The summed E-state index contributed by atoms with van der Waals surface area (Å²) in [4.78, 5) is 14.6. The number of aromatic nitrogens is 1. The Labute approximate surface area is 128 Å². The Morgan fingerprint density at radius 2 is 2.18 bits per heavy atom. The van der Waals surface area contributed by atoms with E-state index in [1.165, 1.54) is 0 Å². The summed E-state index contributed by atoms with van der Waals surface area (Å²) in [7, 11) is 0. The Bertz CT molecular complexity index is 718. The average Bonchev–Trinajstić information content (AvgIpc) is 2.53. The second kappa shape index (κ2) is 7.60. The first-order chi connectivity index (χ1) is 10.7. The zero-order chi connectivity index (χ0) is 15.8. The van der Waals surface area contributed by atoms with Crippen LogP contribution in [-0.4, -0.2) is 22.7 Å². The average molecular weight is 294 g/mol. The van der Waals surface area contributed by atoms with E-state index in [2.05, 4.69) is 11.1 Å². The number of hydrogen-bond acceptors (Lipinski definition) is 4. The number of carboxylic acid groups (broad SMARTS) is 1. The van der Waals surface area contributed by atoms with E-state index in [4.69, 9.17) is 9.84 Å². The smallest absolute Gasteiger partial charge is 0.306 e. The number of carboxylic acids is 1. The van der Waals surface area contributed by atoms with E-state index in [1.807, 2.05) is 12.1 Å². The molecular weight excluding hydrogens is 280 g/mol. The predicted octanol–water partition coefficient (Wildman–Crippen LogP) is 3.00. The van der Waals surface area contributed by atoms with Crippen molar-refractivity contribution in [3.05, 3.63) is 59.9 Å². The molecule has 0 unspecified atom stereocenters. The summed E-state index contributed by atoms with van der Waals surface area (Å²) in [5, 5.41) is 17.8. The minimum absolute atomic E-state index is 0.0581. The highest BCUT2D eigenvalue weighted by Gasteiger charge is 2.03. The maximum Gasteiger partial charge on any atom is 0.306 e. The molecular formula is C17H14N2O3. The third kappa shape index (κ3) is 4.46. The van der Waals surface area contributed by atoms with Gasteiger partial charge in [-0.1, -0.05) is 18.2 Å². The van der Waals surface area contributed by atoms with E-state index in [9.17, 15) is 10.1 Å². The summed E-state index contributed by atoms with van der Waals surface area (Å²) in [5.41, 5.74) is 1.83. The summed E-state index contributed by atoms with van der Waals surface area (Å²) in [6.45, 7) is 0.105. The van der Waals surface area contributed by atoms with Gasteiger partial charge < -0.3 is 9.84 Å². The standard InChI is InChI=1S/C17H14N2O3/c18-12-14(16-6-1-2-8-19-16)10-13-4-3-5-15(11-13)22-9-7-17(20)21/h1-6,8,10-11H,7,9H2,(H,20,21)/b14-10-. The molecule has 0 spiro atoms. The van der Waals surface area contributed by atoms with Gasteiger partial charge in [0.1, 0.15) is 11.8 Å². The maximum atomic E-state index is 10.5. The predicted molar refractivity (Wildman–Crippen MR) is 81.9 cm³/mol. The zero-order valence-electron chi connectivity index (χ0n) is 11.8. The SMILES string of the molecule is N#C/C(=C/c1cccc(OCCC(=O)O)c1)c1ccccn1. The topological polar surface area (TPSA) is 83.2 Å². The molecule has 0 aliphatic heterocycles. The van der Waals surface area contributed by atoms with Gasteiger partial charge >= 0.3 is 5.97 Å². The van der Waals surface area contributed by atoms with Crippen molar-refractivity contribution in [3.8, 4) is 11.8 Å². The molecule has 1 aromatic carbocycles. The van der Waals surface area contributed by atoms with Crippen LogP contribution < -0.4 is 4.74 Å². The summed E-state index contributed by atoms with van der Waals surface area (Å²) in [6.07, 6.45) is 3.29. The summed E-state index contributed by atoms with van der Waals surface area (Å²) in [6, 6.07) is 14.6. The number of nitriles is 1. The first-order valence-electron chi connectivity index (χ1n) is 6.67. The van der Waals surface area contributed by atoms with Crippen LogP contribution in [0.4, 0.5) is 0 Å². The van der Waals surface area contributed by atoms with Crippen LogP contribution in [0.1, 0.15) is 17.7 Å². The minimum Gasteiger partial charge on any atom is -0.493 e. The van der Waals surface area contributed by atoms with Crippen molar-refractivity contribution in [2.24, 2.45) is 0 Å². The van der Waals surface area contributed by atoms with Crippen molar-refractivity contribution in [3.63, 3.8) is 0 Å². The number of hydrogen-bond donors (Lipinski definition) is 1. The molecule has 110 valence electrons. The van der Waals surface area contributed by atoms with Crippen LogP contribution in [0.5, 0.6) is 5.75 Å². The number of ether oxygens (including phenoxy) is 1. The number of pyridine rings is 1. The number of rotatable bonds is 6. The van der Waals surface area contributed by atoms with Crippen molar-refractivity contribution in [2.45, 2.75) is 6.42 Å². The molecule has 5 heteroatoms. The fourth-order valence-corrected chi connectivity index (χ4v) is 1.80. The lowest BCUT2D eigenvalue weighted by atomic mass is 10.1. The zero-order valence-corrected chi connectivity index (χ0v) is 11.8. The van der Waals surface area contributed by atoms with Crippen molar-refractivity contribution >= 4 is 17.6 Å². The molecule has 0 aliphatic carbocycles. The number of benzene rings is 1. The van der Waals surface area contributed by atoms with Crippen LogP contribution >= 0.6 is 0 Å². The second-order valence-corrected chi connectivity index (χ2v) is 4.45. The van der Waals surface area contributed by atoms with Gasteiger partial charge in [0.2, 0.25) is 0 Å². The quantitative estimate of drug-likeness (QED) is 0.828. The molecule has 1 aromatic heterocycles. The molecule has 0 saturated carbocycles. The Morgan fingerprint density at radius 1 is 1.32 bits per heavy atom. The maximum absolute atomic E-state index is 10.5. The van der Waals surface area contributed by atoms with Gasteiger partial charge in [0, 0.05) is 6.20 Å². The van der Waals surface area contributed by atoms with E-state index in [-0.39, 0.29) is 13.0 Å². The molecule has 0 radical (unpaired) electrons. The molecule has 2 aromatic rings. The fraction of sp³-hybridized carbons (Fsp3) is 0.118. The van der Waals surface area contributed by atoms with Crippen LogP contribution in [-0.2, 0) is 4.79 Å². The number of nitrogens with zero attached hydrogens (tertiary/aromatic N) is 2. The fourth-order valence-electron chi connectivity index (χ4n) is 1.80. The van der Waals surface area contributed by atoms with E-state index < -0.39 is 5.97 Å². The summed E-state index contributed by atoms with van der Waals surface area (Å²) >= 11 is 0. The van der Waals surface area contributed by atoms with E-state index >= 15 is 0 Å². The lowest BCUT2D eigenvalue weighted by molar-refractivity contribution is -0.137. The highest BCUT2D eigenvalue weighted by atomic mass is 16.5. The first-order valence-corrected chi connectivity index (χ1v) is 6.67. The molecule has 1 heterocycles. The van der Waals surface area contributed by atoms with E-state index in [0.717, 1.165) is 5.56 Å². The highest BCUT2D eigenvalue weighted by molar-refractivity contribution is 5.88. The van der Waals surface area contributed by atoms with E-state index in [0.29, 0.717) is 17.0 Å². The van der Waals surface area contributed by atoms with Crippen molar-refractivity contribution in [1.29, 1.82) is 5.26 Å². The third-order valence-corrected chi connectivity index (χ3v) is 2.82. The number of allylic oxidation sites excluding steroid dienone is 1. The number of carbonyl (C=O) groups is 1. The normalized spacial score (nSPS) is 10.8. The summed E-state index contributed by atoms with van der Waals surface area (Å²) < 4.78 is 5.37. The molecule has 0 fully saturated rings. The van der Waals surface area contributed by atoms with Gasteiger partial charge in [-0.2, -0.15) is 5.26 Å². The first kappa shape index (κ1) is 15.3. The van der Waals surface area contributed by atoms with Gasteiger partial charge in [-0.3, -0.25) is 9.78 Å². The van der Waals surface area contributed by atoms with Gasteiger partial charge in [0.25, 0.3) is 0 Å². The Morgan fingerprint density at radius 3 is 2.86 bits per heavy atom. The molecule has 0 saturated heterocycles. The number of aliphatic carboxylic acids is 1. The van der Waals surface area contributed by atoms with E-state index in [1.54, 1.807) is 42.6 Å². The molecule has 1 N–H and O–H groups in total. The van der Waals surface area contributed by atoms with Crippen molar-refractivity contribution in [2.75, 3.05) is 6.61 Å². The lowest BCUT2D eigenvalue weighted by Gasteiger charge is -2.05. The lowest BCUT2D eigenvalue weighted by Crippen LogP contribution is -2.04. The van der Waals surface area contributed by atoms with Crippen molar-refractivity contribution < 1.29 is 14.6 Å². The molecule has 0 amide bonds. The van der Waals surface area contributed by atoms with Crippen LogP contribution in [0.25, 0.3) is 11.6 Å². The third-order valence-electron chi connectivity index (χ3n) is 2.82. The van der Waals surface area contributed by atoms with Crippen LogP contribution in [0.3, 0.4) is 0 Å². The molecule has 0 atom stereocenters. The van der Waals surface area contributed by atoms with Gasteiger partial charge in [0.15, 0.2) is 0 Å². The van der Waals surface area contributed by atoms with Crippen LogP contribution in [0, 0.1) is 11.3 Å². The molecule has 22 heavy (non-hydrogen) atoms. The largest absolute Gasteiger partial charge is 0.493 e. The molecule has 5 nitrogen and oxygen atoms in total. The van der Waals surface area contributed by atoms with Crippen LogP contribution in [0.2, 0.25) is 0 Å². The van der Waals surface area contributed by atoms with Crippen LogP contribution in [0.15, 0.2) is 48.7 Å².